The van der Waals surface area contributed by atoms with Gasteiger partial charge in [-0.2, -0.15) is 0 Å². The normalized spacial score (nSPS) is 29.4. The second-order valence-corrected chi connectivity index (χ2v) is 7.39. The molecule has 1 aromatic rings. The lowest BCUT2D eigenvalue weighted by atomic mass is 9.66. The first-order chi connectivity index (χ1) is 12.2. The van der Waals surface area contributed by atoms with Crippen LogP contribution in [-0.4, -0.2) is 30.0 Å². The molecular weight excluding hydrogens is 347 g/mol. The lowest BCUT2D eigenvalue weighted by Gasteiger charge is -2.39. The van der Waals surface area contributed by atoms with Crippen LogP contribution in [0.3, 0.4) is 0 Å². The highest BCUT2D eigenvalue weighted by molar-refractivity contribution is 6.00. The van der Waals surface area contributed by atoms with Gasteiger partial charge in [-0.1, -0.05) is 13.3 Å². The summed E-state index contributed by atoms with van der Waals surface area (Å²) >= 11 is 0. The molecule has 1 heterocycles. The van der Waals surface area contributed by atoms with Crippen molar-refractivity contribution in [1.29, 1.82) is 0 Å². The van der Waals surface area contributed by atoms with Crippen LogP contribution in [-0.2, 0) is 4.79 Å². The third-order valence-electron chi connectivity index (χ3n) is 5.67. The number of amides is 1. The van der Waals surface area contributed by atoms with E-state index < -0.39 is 11.8 Å². The summed E-state index contributed by atoms with van der Waals surface area (Å²) < 4.78 is 40.7. The van der Waals surface area contributed by atoms with E-state index in [9.17, 15) is 23.1 Å². The minimum Gasteiger partial charge on any atom is -0.406 e. The van der Waals surface area contributed by atoms with E-state index in [4.69, 9.17) is 0 Å². The third-order valence-corrected chi connectivity index (χ3v) is 5.67. The molecule has 1 N–H and O–H groups in total. The standard InChI is InChI=1S/C19H24F3NO3/c1-2-3-13-12-18(9-8-16(13)24)10-11-23(17(18)25)14-4-6-15(7-5-14)26-19(20,21)22/h4-7,13,16,24H,2-3,8-12H2,1H3/t13-,16-,18-/m1/s1. The zero-order valence-corrected chi connectivity index (χ0v) is 14.8. The summed E-state index contributed by atoms with van der Waals surface area (Å²) in [5, 5.41) is 10.2. The number of benzene rings is 1. The number of rotatable bonds is 4. The van der Waals surface area contributed by atoms with Crippen molar-refractivity contribution < 1.29 is 27.8 Å². The molecule has 1 spiro atoms. The van der Waals surface area contributed by atoms with E-state index in [1.54, 1.807) is 4.90 Å². The van der Waals surface area contributed by atoms with Gasteiger partial charge in [0.1, 0.15) is 5.75 Å². The van der Waals surface area contributed by atoms with E-state index >= 15 is 0 Å². The van der Waals surface area contributed by atoms with Gasteiger partial charge in [0.2, 0.25) is 5.91 Å². The van der Waals surface area contributed by atoms with E-state index in [0.717, 1.165) is 19.3 Å². The average molecular weight is 371 g/mol. The van der Waals surface area contributed by atoms with Crippen molar-refractivity contribution >= 4 is 11.6 Å². The highest BCUT2D eigenvalue weighted by atomic mass is 19.4. The highest BCUT2D eigenvalue weighted by Gasteiger charge is 2.51. The summed E-state index contributed by atoms with van der Waals surface area (Å²) in [4.78, 5) is 14.7. The van der Waals surface area contributed by atoms with Gasteiger partial charge in [-0.25, -0.2) is 0 Å². The van der Waals surface area contributed by atoms with Gasteiger partial charge in [0, 0.05) is 12.2 Å². The third kappa shape index (κ3) is 3.82. The highest BCUT2D eigenvalue weighted by Crippen LogP contribution is 2.49. The summed E-state index contributed by atoms with van der Waals surface area (Å²) in [6.07, 6.45) is -0.503. The zero-order valence-electron chi connectivity index (χ0n) is 14.8. The van der Waals surface area contributed by atoms with Crippen LogP contribution in [0.15, 0.2) is 24.3 Å². The molecule has 26 heavy (non-hydrogen) atoms. The molecule has 2 aliphatic rings. The number of halogens is 3. The Hall–Kier alpha value is -1.76. The molecule has 1 aliphatic heterocycles. The number of nitrogens with zero attached hydrogens (tertiary/aromatic N) is 1. The second kappa shape index (κ2) is 7.10. The van der Waals surface area contributed by atoms with Gasteiger partial charge in [0.05, 0.1) is 11.5 Å². The van der Waals surface area contributed by atoms with Crippen LogP contribution in [0.2, 0.25) is 0 Å². The van der Waals surface area contributed by atoms with Crippen LogP contribution in [0, 0.1) is 11.3 Å². The van der Waals surface area contributed by atoms with Crippen LogP contribution in [0.4, 0.5) is 18.9 Å². The van der Waals surface area contributed by atoms with Crippen LogP contribution in [0.25, 0.3) is 0 Å². The number of carbonyl (C=O) groups is 1. The molecule has 0 unspecified atom stereocenters. The Kier molecular flexibility index (Phi) is 5.19. The molecule has 3 atom stereocenters. The van der Waals surface area contributed by atoms with Gasteiger partial charge in [-0.15, -0.1) is 13.2 Å². The Morgan fingerprint density at radius 2 is 1.96 bits per heavy atom. The monoisotopic (exact) mass is 371 g/mol. The molecule has 7 heteroatoms. The molecule has 1 aliphatic carbocycles. The quantitative estimate of drug-likeness (QED) is 0.860. The van der Waals surface area contributed by atoms with Crippen LogP contribution >= 0.6 is 0 Å². The first-order valence-electron chi connectivity index (χ1n) is 9.10. The predicted molar refractivity (Wildman–Crippen MR) is 90.8 cm³/mol. The van der Waals surface area contributed by atoms with Crippen molar-refractivity contribution in [3.63, 3.8) is 0 Å². The van der Waals surface area contributed by atoms with Crippen molar-refractivity contribution in [1.82, 2.24) is 0 Å². The van der Waals surface area contributed by atoms with Crippen molar-refractivity contribution in [2.75, 3.05) is 11.4 Å². The van der Waals surface area contributed by atoms with Crippen molar-refractivity contribution in [2.24, 2.45) is 11.3 Å². The topological polar surface area (TPSA) is 49.8 Å². The van der Waals surface area contributed by atoms with E-state index in [2.05, 4.69) is 11.7 Å². The van der Waals surface area contributed by atoms with Crippen molar-refractivity contribution in [3.05, 3.63) is 24.3 Å². The summed E-state index contributed by atoms with van der Waals surface area (Å²) in [5.74, 6) is -0.137. The van der Waals surface area contributed by atoms with Gasteiger partial charge in [0.15, 0.2) is 0 Å². The minimum absolute atomic E-state index is 0.0231. The van der Waals surface area contributed by atoms with Crippen LogP contribution in [0.1, 0.15) is 45.4 Å². The smallest absolute Gasteiger partial charge is 0.406 e. The Balaban J connectivity index is 1.73. The number of hydrogen-bond donors (Lipinski definition) is 1. The fourth-order valence-electron chi connectivity index (χ4n) is 4.38. The maximum Gasteiger partial charge on any atom is 0.573 e. The number of aliphatic hydroxyl groups excluding tert-OH is 1. The minimum atomic E-state index is -4.73. The van der Waals surface area contributed by atoms with Crippen LogP contribution in [0.5, 0.6) is 5.75 Å². The number of carbonyl (C=O) groups excluding carboxylic acids is 1. The summed E-state index contributed by atoms with van der Waals surface area (Å²) in [6, 6.07) is 5.43. The average Bonchev–Trinajstić information content (AvgIpc) is 2.88. The lowest BCUT2D eigenvalue weighted by Crippen LogP contribution is -2.42. The molecular formula is C19H24F3NO3. The van der Waals surface area contributed by atoms with E-state index in [0.29, 0.717) is 31.5 Å². The molecule has 3 rings (SSSR count). The fourth-order valence-corrected chi connectivity index (χ4v) is 4.38. The van der Waals surface area contributed by atoms with Gasteiger partial charge >= 0.3 is 6.36 Å². The fraction of sp³-hybridized carbons (Fsp3) is 0.632. The number of aliphatic hydroxyl groups is 1. The van der Waals surface area contributed by atoms with Gasteiger partial charge in [0.25, 0.3) is 0 Å². The molecule has 1 saturated carbocycles. The molecule has 0 bridgehead atoms. The molecule has 0 aromatic heterocycles. The van der Waals surface area contributed by atoms with E-state index in [-0.39, 0.29) is 23.7 Å². The number of alkyl halides is 3. The molecule has 1 saturated heterocycles. The molecule has 2 fully saturated rings. The molecule has 1 aromatic carbocycles. The molecule has 4 nitrogen and oxygen atoms in total. The predicted octanol–water partition coefficient (Wildman–Crippen LogP) is 4.27. The Bertz CT molecular complexity index is 646. The van der Waals surface area contributed by atoms with Gasteiger partial charge in [-0.05, 0) is 62.3 Å². The van der Waals surface area contributed by atoms with Gasteiger partial charge in [-0.3, -0.25) is 4.79 Å². The molecule has 1 amide bonds. The van der Waals surface area contributed by atoms with Crippen molar-refractivity contribution in [3.8, 4) is 5.75 Å². The van der Waals surface area contributed by atoms with Crippen molar-refractivity contribution in [2.45, 2.75) is 57.9 Å². The maximum absolute atomic E-state index is 13.1. The van der Waals surface area contributed by atoms with Gasteiger partial charge < -0.3 is 14.7 Å². The first-order valence-corrected chi connectivity index (χ1v) is 9.10. The Morgan fingerprint density at radius 1 is 1.27 bits per heavy atom. The maximum atomic E-state index is 13.1. The summed E-state index contributed by atoms with van der Waals surface area (Å²) in [6.45, 7) is 2.62. The second-order valence-electron chi connectivity index (χ2n) is 7.39. The van der Waals surface area contributed by atoms with E-state index in [1.807, 2.05) is 0 Å². The largest absolute Gasteiger partial charge is 0.573 e. The number of anilines is 1. The zero-order chi connectivity index (χ0) is 18.9. The molecule has 0 radical (unpaired) electrons. The number of ether oxygens (including phenoxy) is 1. The van der Waals surface area contributed by atoms with Crippen LogP contribution < -0.4 is 9.64 Å². The first kappa shape index (κ1) is 19.0. The molecule has 144 valence electrons. The SMILES string of the molecule is CCC[C@@H]1C[C@@]2(CC[C@H]1O)CCN(c1ccc(OC(F)(F)F)cc1)C2=O. The van der Waals surface area contributed by atoms with E-state index in [1.165, 1.54) is 24.3 Å². The summed E-state index contributed by atoms with van der Waals surface area (Å²) in [7, 11) is 0. The summed E-state index contributed by atoms with van der Waals surface area (Å²) in [5.41, 5.74) is 0.139. The number of hydrogen-bond acceptors (Lipinski definition) is 3. The Morgan fingerprint density at radius 3 is 2.58 bits per heavy atom. The lowest BCUT2D eigenvalue weighted by molar-refractivity contribution is -0.274. The Labute approximate surface area is 150 Å².